The van der Waals surface area contributed by atoms with E-state index in [1.807, 2.05) is 4.57 Å². The highest BCUT2D eigenvalue weighted by molar-refractivity contribution is 7.98. The summed E-state index contributed by atoms with van der Waals surface area (Å²) in [5.74, 6) is -0.806. The van der Waals surface area contributed by atoms with Gasteiger partial charge < -0.3 is 9.30 Å². The average Bonchev–Trinajstić information content (AvgIpc) is 3.51. The van der Waals surface area contributed by atoms with Crippen LogP contribution in [0.25, 0.3) is 11.0 Å². The maximum atomic E-state index is 14.1. The largest absolute Gasteiger partial charge is 0.465 e. The van der Waals surface area contributed by atoms with Gasteiger partial charge in [-0.2, -0.15) is 4.98 Å². The van der Waals surface area contributed by atoms with E-state index < -0.39 is 17.3 Å². The number of halogens is 2. The van der Waals surface area contributed by atoms with Crippen LogP contribution in [0.1, 0.15) is 40.5 Å². The van der Waals surface area contributed by atoms with Gasteiger partial charge in [-0.1, -0.05) is 29.4 Å². The molecule has 1 aliphatic rings. The van der Waals surface area contributed by atoms with Crippen molar-refractivity contribution in [1.29, 1.82) is 0 Å². The molecule has 29 heavy (non-hydrogen) atoms. The molecular weight excluding hydrogens is 417 g/mol. The van der Waals surface area contributed by atoms with E-state index in [1.165, 1.54) is 31.0 Å². The monoisotopic (exact) mass is 433 g/mol. The van der Waals surface area contributed by atoms with Crippen molar-refractivity contribution in [3.63, 3.8) is 0 Å². The number of aryl methyl sites for hydroxylation is 1. The van der Waals surface area contributed by atoms with Crippen LogP contribution in [0.2, 0.25) is 5.02 Å². The molecule has 4 rings (SSSR count). The summed E-state index contributed by atoms with van der Waals surface area (Å²) in [6, 6.07) is 6.17. The van der Waals surface area contributed by atoms with Gasteiger partial charge in [-0.3, -0.25) is 4.79 Å². The Bertz CT molecular complexity index is 1170. The average molecular weight is 434 g/mol. The van der Waals surface area contributed by atoms with Gasteiger partial charge >= 0.3 is 5.97 Å². The molecule has 6 nitrogen and oxygen atoms in total. The number of nitrogens with zero attached hydrogens (tertiary/aromatic N) is 3. The predicted octanol–water partition coefficient (Wildman–Crippen LogP) is 4.31. The first-order valence-electron chi connectivity index (χ1n) is 8.98. The molecule has 150 valence electrons. The van der Waals surface area contributed by atoms with Crippen molar-refractivity contribution in [3.05, 3.63) is 62.3 Å². The fourth-order valence-electron chi connectivity index (χ4n) is 3.17. The molecule has 1 saturated carbocycles. The van der Waals surface area contributed by atoms with E-state index in [9.17, 15) is 14.0 Å². The Labute approximate surface area is 175 Å². The van der Waals surface area contributed by atoms with Crippen molar-refractivity contribution in [2.45, 2.75) is 36.7 Å². The van der Waals surface area contributed by atoms with Gasteiger partial charge in [-0.05, 0) is 38.0 Å². The standard InChI is InChI=1S/C20H17ClFN3O3S/c1-10-8-12(19(27)28-2)16-17(23-10)25(11-6-7-11)20(24-18(16)26)29-9-13-14(21)4-3-5-15(13)22/h3-5,8,11H,6-7,9H2,1-2H3. The number of hydrogen-bond donors (Lipinski definition) is 0. The molecular formula is C20H17ClFN3O3S. The summed E-state index contributed by atoms with van der Waals surface area (Å²) in [5, 5.41) is 0.890. The first-order chi connectivity index (χ1) is 13.9. The van der Waals surface area contributed by atoms with Crippen LogP contribution in [-0.2, 0) is 10.5 Å². The fourth-order valence-corrected chi connectivity index (χ4v) is 4.57. The molecule has 2 aromatic heterocycles. The van der Waals surface area contributed by atoms with Gasteiger partial charge in [0.05, 0.1) is 18.1 Å². The SMILES string of the molecule is COC(=O)c1cc(C)nc2c1c(=O)nc(SCc1c(F)cccc1Cl)n2C1CC1. The first kappa shape index (κ1) is 19.8. The maximum Gasteiger partial charge on any atom is 0.338 e. The molecule has 0 saturated heterocycles. The first-order valence-corrected chi connectivity index (χ1v) is 10.3. The minimum absolute atomic E-state index is 0.129. The molecule has 1 aliphatic carbocycles. The minimum atomic E-state index is -0.611. The summed E-state index contributed by atoms with van der Waals surface area (Å²) in [5.41, 5.74) is 0.923. The van der Waals surface area contributed by atoms with E-state index in [1.54, 1.807) is 19.1 Å². The number of carbonyl (C=O) groups is 1. The molecule has 0 N–H and O–H groups in total. The number of pyridine rings is 1. The third-order valence-electron chi connectivity index (χ3n) is 4.70. The second-order valence-corrected chi connectivity index (χ2v) is 8.14. The number of aromatic nitrogens is 3. The highest BCUT2D eigenvalue weighted by atomic mass is 35.5. The molecule has 0 aliphatic heterocycles. The number of thioether (sulfide) groups is 1. The van der Waals surface area contributed by atoms with E-state index in [0.717, 1.165) is 12.8 Å². The van der Waals surface area contributed by atoms with Crippen LogP contribution < -0.4 is 5.56 Å². The van der Waals surface area contributed by atoms with E-state index in [2.05, 4.69) is 9.97 Å². The quantitative estimate of drug-likeness (QED) is 0.339. The van der Waals surface area contributed by atoms with E-state index >= 15 is 0 Å². The summed E-state index contributed by atoms with van der Waals surface area (Å²) in [7, 11) is 1.26. The Morgan fingerprint density at radius 1 is 1.38 bits per heavy atom. The van der Waals surface area contributed by atoms with Gasteiger partial charge in [0.2, 0.25) is 0 Å². The third kappa shape index (κ3) is 3.74. The molecule has 0 radical (unpaired) electrons. The molecule has 0 atom stereocenters. The maximum absolute atomic E-state index is 14.1. The number of fused-ring (bicyclic) bond motifs is 1. The third-order valence-corrected chi connectivity index (χ3v) is 6.03. The smallest absolute Gasteiger partial charge is 0.338 e. The van der Waals surface area contributed by atoms with E-state index in [0.29, 0.717) is 27.1 Å². The van der Waals surface area contributed by atoms with Crippen molar-refractivity contribution < 1.29 is 13.9 Å². The van der Waals surface area contributed by atoms with Crippen LogP contribution in [0.5, 0.6) is 0 Å². The van der Waals surface area contributed by atoms with Crippen molar-refractivity contribution in [2.75, 3.05) is 7.11 Å². The van der Waals surface area contributed by atoms with Gasteiger partial charge in [-0.15, -0.1) is 0 Å². The van der Waals surface area contributed by atoms with Crippen LogP contribution in [0.15, 0.2) is 34.2 Å². The Morgan fingerprint density at radius 2 is 2.14 bits per heavy atom. The summed E-state index contributed by atoms with van der Waals surface area (Å²) in [4.78, 5) is 33.7. The highest BCUT2D eigenvalue weighted by Gasteiger charge is 2.30. The number of hydrogen-bond acceptors (Lipinski definition) is 6. The zero-order chi connectivity index (χ0) is 20.7. The summed E-state index contributed by atoms with van der Waals surface area (Å²) < 4.78 is 20.8. The van der Waals surface area contributed by atoms with E-state index in [4.69, 9.17) is 16.3 Å². The Balaban J connectivity index is 1.86. The van der Waals surface area contributed by atoms with Crippen molar-refractivity contribution >= 4 is 40.4 Å². The van der Waals surface area contributed by atoms with Crippen LogP contribution in [-0.4, -0.2) is 27.6 Å². The van der Waals surface area contributed by atoms with Crippen molar-refractivity contribution in [3.8, 4) is 0 Å². The summed E-state index contributed by atoms with van der Waals surface area (Å²) in [6.07, 6.45) is 1.83. The zero-order valence-electron chi connectivity index (χ0n) is 15.7. The Morgan fingerprint density at radius 3 is 2.79 bits per heavy atom. The lowest BCUT2D eigenvalue weighted by atomic mass is 10.1. The molecule has 1 fully saturated rings. The van der Waals surface area contributed by atoms with Crippen molar-refractivity contribution in [2.24, 2.45) is 0 Å². The molecule has 0 spiro atoms. The van der Waals surface area contributed by atoms with Gasteiger partial charge in [0.1, 0.15) is 11.5 Å². The van der Waals surface area contributed by atoms with E-state index in [-0.39, 0.29) is 22.7 Å². The molecule has 0 unspecified atom stereocenters. The van der Waals surface area contributed by atoms with Crippen LogP contribution >= 0.6 is 23.4 Å². The molecule has 1 aromatic carbocycles. The normalized spacial score (nSPS) is 13.7. The van der Waals surface area contributed by atoms with Gasteiger partial charge in [0, 0.05) is 28.1 Å². The number of benzene rings is 1. The molecule has 9 heteroatoms. The lowest BCUT2D eigenvalue weighted by Crippen LogP contribution is -2.20. The second-order valence-electron chi connectivity index (χ2n) is 6.79. The van der Waals surface area contributed by atoms with Crippen LogP contribution in [0.3, 0.4) is 0 Å². The van der Waals surface area contributed by atoms with Gasteiger partial charge in [0.25, 0.3) is 5.56 Å². The number of carbonyl (C=O) groups excluding carboxylic acids is 1. The molecule has 3 aromatic rings. The minimum Gasteiger partial charge on any atom is -0.465 e. The second kappa shape index (κ2) is 7.76. The van der Waals surface area contributed by atoms with Gasteiger partial charge in [0.15, 0.2) is 5.16 Å². The lowest BCUT2D eigenvalue weighted by Gasteiger charge is -2.16. The summed E-state index contributed by atoms with van der Waals surface area (Å²) >= 11 is 7.35. The number of rotatable bonds is 5. The lowest BCUT2D eigenvalue weighted by molar-refractivity contribution is 0.0602. The fraction of sp³-hybridized carbons (Fsp3) is 0.300. The van der Waals surface area contributed by atoms with Crippen LogP contribution in [0.4, 0.5) is 4.39 Å². The van der Waals surface area contributed by atoms with Gasteiger partial charge in [-0.25, -0.2) is 14.2 Å². The number of ether oxygens (including phenoxy) is 1. The van der Waals surface area contributed by atoms with Crippen molar-refractivity contribution in [1.82, 2.24) is 14.5 Å². The Hall–Kier alpha value is -2.45. The highest BCUT2D eigenvalue weighted by Crippen LogP contribution is 2.40. The number of esters is 1. The van der Waals surface area contributed by atoms with Crippen LogP contribution in [0, 0.1) is 12.7 Å². The predicted molar refractivity (Wildman–Crippen MR) is 109 cm³/mol. The molecule has 0 bridgehead atoms. The zero-order valence-corrected chi connectivity index (χ0v) is 17.3. The topological polar surface area (TPSA) is 74.1 Å². The summed E-state index contributed by atoms with van der Waals surface area (Å²) in [6.45, 7) is 1.75. The number of methoxy groups -OCH3 is 1. The molecule has 2 heterocycles. The Kier molecular flexibility index (Phi) is 5.31. The molecule has 0 amide bonds.